The Morgan fingerprint density at radius 1 is 1.35 bits per heavy atom. The Morgan fingerprint density at radius 2 is 2.17 bits per heavy atom. The van der Waals surface area contributed by atoms with Crippen LogP contribution in [0.4, 0.5) is 16.8 Å². The van der Waals surface area contributed by atoms with Crippen LogP contribution in [0.3, 0.4) is 0 Å². The van der Waals surface area contributed by atoms with Crippen LogP contribution in [0.25, 0.3) is 0 Å². The van der Waals surface area contributed by atoms with Crippen molar-refractivity contribution >= 4 is 28.3 Å². The zero-order chi connectivity index (χ0) is 16.4. The minimum atomic E-state index is 0.367. The number of rotatable bonds is 5. The SMILES string of the molecule is CC(C)c1nsc(N2CCC(Nc3cc(N(C)C)ncn3)C2)n1. The Balaban J connectivity index is 1.62. The first-order valence-corrected chi connectivity index (χ1v) is 8.64. The van der Waals surface area contributed by atoms with Gasteiger partial charge in [0, 0.05) is 56.7 Å². The van der Waals surface area contributed by atoms with Crippen molar-refractivity contribution in [2.75, 3.05) is 42.3 Å². The molecule has 0 aromatic carbocycles. The topological polar surface area (TPSA) is 70.1 Å². The standard InChI is InChI=1S/C15H23N7S/c1-10(2)14-19-15(23-20-14)22-6-5-11(8-22)18-12-7-13(21(3)4)17-9-16-12/h7,9-11H,5-6,8H2,1-4H3,(H,16,17,18). The lowest BCUT2D eigenvalue weighted by atomic mass is 10.2. The van der Waals surface area contributed by atoms with Gasteiger partial charge in [-0.1, -0.05) is 13.8 Å². The van der Waals surface area contributed by atoms with Crippen LogP contribution in [0.2, 0.25) is 0 Å². The van der Waals surface area contributed by atoms with Gasteiger partial charge in [0.15, 0.2) is 0 Å². The van der Waals surface area contributed by atoms with Gasteiger partial charge in [0.2, 0.25) is 5.13 Å². The molecule has 2 aromatic heterocycles. The van der Waals surface area contributed by atoms with Crippen molar-refractivity contribution in [3.8, 4) is 0 Å². The summed E-state index contributed by atoms with van der Waals surface area (Å²) in [6.07, 6.45) is 2.67. The fourth-order valence-corrected chi connectivity index (χ4v) is 3.36. The van der Waals surface area contributed by atoms with E-state index < -0.39 is 0 Å². The fourth-order valence-electron chi connectivity index (χ4n) is 2.52. The monoisotopic (exact) mass is 333 g/mol. The van der Waals surface area contributed by atoms with Crippen LogP contribution in [0, 0.1) is 0 Å². The van der Waals surface area contributed by atoms with Gasteiger partial charge in [-0.05, 0) is 6.42 Å². The predicted octanol–water partition coefficient (Wildman–Crippen LogP) is 2.21. The highest BCUT2D eigenvalue weighted by atomic mass is 32.1. The van der Waals surface area contributed by atoms with Crippen LogP contribution in [-0.2, 0) is 0 Å². The molecule has 3 heterocycles. The molecule has 1 aliphatic rings. The zero-order valence-electron chi connectivity index (χ0n) is 14.0. The summed E-state index contributed by atoms with van der Waals surface area (Å²) >= 11 is 1.49. The molecule has 0 bridgehead atoms. The first kappa shape index (κ1) is 15.9. The van der Waals surface area contributed by atoms with E-state index in [1.165, 1.54) is 11.5 Å². The molecule has 124 valence electrons. The highest BCUT2D eigenvalue weighted by Gasteiger charge is 2.25. The minimum absolute atomic E-state index is 0.367. The van der Waals surface area contributed by atoms with Gasteiger partial charge < -0.3 is 15.1 Å². The van der Waals surface area contributed by atoms with Crippen molar-refractivity contribution < 1.29 is 0 Å². The van der Waals surface area contributed by atoms with Gasteiger partial charge in [-0.25, -0.2) is 15.0 Å². The van der Waals surface area contributed by atoms with Gasteiger partial charge in [-0.15, -0.1) is 0 Å². The van der Waals surface area contributed by atoms with Crippen LogP contribution in [-0.4, -0.2) is 52.6 Å². The van der Waals surface area contributed by atoms with Crippen molar-refractivity contribution in [3.63, 3.8) is 0 Å². The van der Waals surface area contributed by atoms with Gasteiger partial charge in [0.05, 0.1) is 0 Å². The van der Waals surface area contributed by atoms with E-state index in [1.807, 2.05) is 25.1 Å². The first-order chi connectivity index (χ1) is 11.0. The minimum Gasteiger partial charge on any atom is -0.365 e. The van der Waals surface area contributed by atoms with E-state index >= 15 is 0 Å². The van der Waals surface area contributed by atoms with Gasteiger partial charge in [-0.2, -0.15) is 4.37 Å². The van der Waals surface area contributed by atoms with Crippen LogP contribution in [0.15, 0.2) is 12.4 Å². The largest absolute Gasteiger partial charge is 0.365 e. The lowest BCUT2D eigenvalue weighted by Crippen LogP contribution is -2.26. The molecule has 7 nitrogen and oxygen atoms in total. The van der Waals surface area contributed by atoms with E-state index in [1.54, 1.807) is 6.33 Å². The van der Waals surface area contributed by atoms with Crippen molar-refractivity contribution in [2.45, 2.75) is 32.2 Å². The summed E-state index contributed by atoms with van der Waals surface area (Å²) in [5.41, 5.74) is 0. The van der Waals surface area contributed by atoms with Crippen molar-refractivity contribution in [1.29, 1.82) is 0 Å². The lowest BCUT2D eigenvalue weighted by Gasteiger charge is -2.17. The van der Waals surface area contributed by atoms with Crippen molar-refractivity contribution in [1.82, 2.24) is 19.3 Å². The Morgan fingerprint density at radius 3 is 2.87 bits per heavy atom. The van der Waals surface area contributed by atoms with Gasteiger partial charge in [0.25, 0.3) is 0 Å². The van der Waals surface area contributed by atoms with Gasteiger partial charge >= 0.3 is 0 Å². The smallest absolute Gasteiger partial charge is 0.205 e. The number of hydrogen-bond donors (Lipinski definition) is 1. The van der Waals surface area contributed by atoms with Gasteiger partial charge in [-0.3, -0.25) is 0 Å². The quantitative estimate of drug-likeness (QED) is 0.899. The number of hydrogen-bond acceptors (Lipinski definition) is 8. The number of aromatic nitrogens is 4. The van der Waals surface area contributed by atoms with E-state index in [2.05, 4.69) is 43.4 Å². The molecule has 1 saturated heterocycles. The average molecular weight is 333 g/mol. The lowest BCUT2D eigenvalue weighted by molar-refractivity contribution is 0.788. The Kier molecular flexibility index (Phi) is 4.61. The van der Waals surface area contributed by atoms with Crippen molar-refractivity contribution in [3.05, 3.63) is 18.2 Å². The number of nitrogens with zero attached hydrogens (tertiary/aromatic N) is 6. The Hall–Kier alpha value is -1.96. The molecule has 0 aliphatic carbocycles. The summed E-state index contributed by atoms with van der Waals surface area (Å²) < 4.78 is 4.44. The molecule has 0 saturated carbocycles. The molecule has 3 rings (SSSR count). The summed E-state index contributed by atoms with van der Waals surface area (Å²) in [5.74, 6) is 3.09. The van der Waals surface area contributed by atoms with Crippen LogP contribution in [0.5, 0.6) is 0 Å². The normalized spacial score (nSPS) is 17.8. The maximum absolute atomic E-state index is 4.64. The molecule has 23 heavy (non-hydrogen) atoms. The summed E-state index contributed by atoms with van der Waals surface area (Å²) in [7, 11) is 3.95. The first-order valence-electron chi connectivity index (χ1n) is 7.87. The predicted molar refractivity (Wildman–Crippen MR) is 94.6 cm³/mol. The fraction of sp³-hybridized carbons (Fsp3) is 0.600. The maximum atomic E-state index is 4.64. The molecule has 0 radical (unpaired) electrons. The second-order valence-corrected chi connectivity index (χ2v) is 7.05. The molecule has 1 atom stereocenters. The molecule has 2 aromatic rings. The Bertz CT molecular complexity index is 655. The molecule has 0 spiro atoms. The molecule has 1 aliphatic heterocycles. The second-order valence-electron chi connectivity index (χ2n) is 6.32. The highest BCUT2D eigenvalue weighted by molar-refractivity contribution is 7.09. The number of anilines is 3. The molecule has 1 unspecified atom stereocenters. The average Bonchev–Trinajstić information content (AvgIpc) is 3.16. The molecular formula is C15H23N7S. The van der Waals surface area contributed by atoms with E-state index in [9.17, 15) is 0 Å². The molecule has 1 N–H and O–H groups in total. The second kappa shape index (κ2) is 6.66. The summed E-state index contributed by atoms with van der Waals surface area (Å²) in [6, 6.07) is 2.34. The summed E-state index contributed by atoms with van der Waals surface area (Å²) in [6.45, 7) is 6.17. The van der Waals surface area contributed by atoms with Crippen LogP contribution < -0.4 is 15.1 Å². The van der Waals surface area contributed by atoms with E-state index in [-0.39, 0.29) is 0 Å². The Labute approximate surface area is 140 Å². The van der Waals surface area contributed by atoms with E-state index in [0.717, 1.165) is 42.1 Å². The van der Waals surface area contributed by atoms with Crippen LogP contribution in [0.1, 0.15) is 32.0 Å². The third-order valence-electron chi connectivity index (χ3n) is 3.87. The third-order valence-corrected chi connectivity index (χ3v) is 4.66. The van der Waals surface area contributed by atoms with E-state index in [0.29, 0.717) is 12.0 Å². The summed E-state index contributed by atoms with van der Waals surface area (Å²) in [4.78, 5) is 17.5. The van der Waals surface area contributed by atoms with Crippen LogP contribution >= 0.6 is 11.5 Å². The molecular weight excluding hydrogens is 310 g/mol. The third kappa shape index (κ3) is 3.69. The summed E-state index contributed by atoms with van der Waals surface area (Å²) in [5, 5.41) is 4.53. The van der Waals surface area contributed by atoms with Crippen molar-refractivity contribution in [2.24, 2.45) is 0 Å². The van der Waals surface area contributed by atoms with Gasteiger partial charge in [0.1, 0.15) is 23.8 Å². The zero-order valence-corrected chi connectivity index (χ0v) is 14.8. The maximum Gasteiger partial charge on any atom is 0.205 e. The highest BCUT2D eigenvalue weighted by Crippen LogP contribution is 2.26. The van der Waals surface area contributed by atoms with E-state index in [4.69, 9.17) is 0 Å². The molecule has 8 heteroatoms. The molecule has 0 amide bonds. The molecule has 1 fully saturated rings. The number of nitrogens with one attached hydrogen (secondary N) is 1.